The SMILES string of the molecule is CCCC(C)NS(=O)(=O)c1cc(C(=O)O)c(Cl)cc1Cl. The fourth-order valence-electron chi connectivity index (χ4n) is 1.72. The highest BCUT2D eigenvalue weighted by Crippen LogP contribution is 2.29. The highest BCUT2D eigenvalue weighted by molar-refractivity contribution is 7.89. The summed E-state index contributed by atoms with van der Waals surface area (Å²) in [6, 6.07) is 1.81. The molecule has 0 bridgehead atoms. The number of carbonyl (C=O) groups is 1. The molecule has 1 rings (SSSR count). The first kappa shape index (κ1) is 17.2. The molecule has 0 heterocycles. The summed E-state index contributed by atoms with van der Waals surface area (Å²) in [5.41, 5.74) is -0.306. The van der Waals surface area contributed by atoms with E-state index in [1.54, 1.807) is 6.92 Å². The van der Waals surface area contributed by atoms with Crippen LogP contribution in [0, 0.1) is 0 Å². The van der Waals surface area contributed by atoms with Crippen molar-refractivity contribution in [2.24, 2.45) is 0 Å². The Bertz CT molecular complexity index is 616. The predicted octanol–water partition coefficient (Wildman–Crippen LogP) is 3.16. The van der Waals surface area contributed by atoms with Crippen molar-refractivity contribution in [3.8, 4) is 0 Å². The van der Waals surface area contributed by atoms with Gasteiger partial charge in [0, 0.05) is 6.04 Å². The van der Waals surface area contributed by atoms with Gasteiger partial charge in [-0.3, -0.25) is 0 Å². The van der Waals surface area contributed by atoms with Gasteiger partial charge in [0.05, 0.1) is 15.6 Å². The number of aromatic carboxylic acids is 1. The first-order valence-corrected chi connectivity index (χ1v) is 8.17. The topological polar surface area (TPSA) is 83.5 Å². The van der Waals surface area contributed by atoms with Gasteiger partial charge in [-0.2, -0.15) is 0 Å². The zero-order valence-corrected chi connectivity index (χ0v) is 13.3. The van der Waals surface area contributed by atoms with Crippen molar-refractivity contribution in [3.63, 3.8) is 0 Å². The highest BCUT2D eigenvalue weighted by atomic mass is 35.5. The molecule has 0 aliphatic carbocycles. The molecule has 0 amide bonds. The second-order valence-corrected chi connectivity index (χ2v) is 6.88. The maximum Gasteiger partial charge on any atom is 0.337 e. The molecule has 0 saturated carbocycles. The molecule has 1 unspecified atom stereocenters. The summed E-state index contributed by atoms with van der Waals surface area (Å²) >= 11 is 11.6. The lowest BCUT2D eigenvalue weighted by molar-refractivity contribution is 0.0697. The van der Waals surface area contributed by atoms with Crippen LogP contribution in [0.15, 0.2) is 17.0 Å². The quantitative estimate of drug-likeness (QED) is 0.833. The van der Waals surface area contributed by atoms with E-state index < -0.39 is 16.0 Å². The van der Waals surface area contributed by atoms with Crippen LogP contribution in [0.4, 0.5) is 0 Å². The van der Waals surface area contributed by atoms with Crippen LogP contribution in [-0.4, -0.2) is 25.5 Å². The molecule has 1 aromatic carbocycles. The number of carboxylic acids is 1. The van der Waals surface area contributed by atoms with E-state index in [0.29, 0.717) is 6.42 Å². The van der Waals surface area contributed by atoms with Crippen LogP contribution in [0.2, 0.25) is 10.0 Å². The molecular formula is C12H15Cl2NO4S. The first-order valence-electron chi connectivity index (χ1n) is 5.93. The molecule has 5 nitrogen and oxygen atoms in total. The third-order valence-corrected chi connectivity index (χ3v) is 4.99. The van der Waals surface area contributed by atoms with Crippen LogP contribution >= 0.6 is 23.2 Å². The maximum absolute atomic E-state index is 12.2. The fourth-order valence-corrected chi connectivity index (χ4v) is 3.85. The molecule has 0 fully saturated rings. The van der Waals surface area contributed by atoms with Crippen LogP contribution in [-0.2, 0) is 10.0 Å². The number of rotatable bonds is 6. The lowest BCUT2D eigenvalue weighted by Gasteiger charge is -2.15. The van der Waals surface area contributed by atoms with Crippen molar-refractivity contribution in [1.82, 2.24) is 4.72 Å². The predicted molar refractivity (Wildman–Crippen MR) is 78.1 cm³/mol. The summed E-state index contributed by atoms with van der Waals surface area (Å²) in [5.74, 6) is -1.32. The van der Waals surface area contributed by atoms with Gasteiger partial charge in [0.25, 0.3) is 0 Å². The largest absolute Gasteiger partial charge is 0.478 e. The third kappa shape index (κ3) is 4.09. The zero-order valence-electron chi connectivity index (χ0n) is 11.0. The molecule has 8 heteroatoms. The molecule has 112 valence electrons. The minimum absolute atomic E-state index is 0.108. The van der Waals surface area contributed by atoms with E-state index in [1.165, 1.54) is 0 Å². The molecule has 1 atom stereocenters. The number of carboxylic acid groups (broad SMARTS) is 1. The molecule has 0 radical (unpaired) electrons. The van der Waals surface area contributed by atoms with E-state index in [0.717, 1.165) is 18.6 Å². The first-order chi connectivity index (χ1) is 9.19. The van der Waals surface area contributed by atoms with Gasteiger partial charge in [-0.1, -0.05) is 36.5 Å². The molecule has 0 aliphatic rings. The Labute approximate surface area is 127 Å². The van der Waals surface area contributed by atoms with E-state index in [-0.39, 0.29) is 26.5 Å². The fraction of sp³-hybridized carbons (Fsp3) is 0.417. The van der Waals surface area contributed by atoms with Crippen LogP contribution in [0.1, 0.15) is 37.0 Å². The minimum atomic E-state index is -3.89. The summed E-state index contributed by atoms with van der Waals surface area (Å²) in [5, 5.41) is 8.75. The van der Waals surface area contributed by atoms with Gasteiger partial charge in [0.15, 0.2) is 0 Å². The standard InChI is InChI=1S/C12H15Cl2NO4S/c1-3-4-7(2)15-20(18,19)11-5-8(12(16)17)9(13)6-10(11)14/h5-7,15H,3-4H2,1-2H3,(H,16,17). The van der Waals surface area contributed by atoms with Crippen LogP contribution in [0.25, 0.3) is 0 Å². The second-order valence-electron chi connectivity index (χ2n) is 4.38. The molecular weight excluding hydrogens is 325 g/mol. The number of hydrogen-bond acceptors (Lipinski definition) is 3. The second kappa shape index (κ2) is 6.76. The van der Waals surface area contributed by atoms with Gasteiger partial charge < -0.3 is 5.11 Å². The summed E-state index contributed by atoms with van der Waals surface area (Å²) in [6.07, 6.45) is 1.48. The van der Waals surface area contributed by atoms with E-state index in [4.69, 9.17) is 28.3 Å². The summed E-state index contributed by atoms with van der Waals surface area (Å²) in [6.45, 7) is 3.66. The van der Waals surface area contributed by atoms with E-state index >= 15 is 0 Å². The van der Waals surface area contributed by atoms with Gasteiger partial charge in [0.1, 0.15) is 4.90 Å². The zero-order chi connectivity index (χ0) is 15.5. The molecule has 0 saturated heterocycles. The van der Waals surface area contributed by atoms with Crippen molar-refractivity contribution < 1.29 is 18.3 Å². The molecule has 1 aromatic rings. The van der Waals surface area contributed by atoms with Gasteiger partial charge in [0.2, 0.25) is 10.0 Å². The van der Waals surface area contributed by atoms with E-state index in [9.17, 15) is 13.2 Å². The Morgan fingerprint density at radius 1 is 1.35 bits per heavy atom. The Morgan fingerprint density at radius 3 is 2.45 bits per heavy atom. The van der Waals surface area contributed by atoms with Crippen molar-refractivity contribution in [2.45, 2.75) is 37.6 Å². The molecule has 0 spiro atoms. The molecule has 0 aromatic heterocycles. The summed E-state index contributed by atoms with van der Waals surface area (Å²) in [4.78, 5) is 10.7. The Balaban J connectivity index is 3.24. The van der Waals surface area contributed by atoms with Gasteiger partial charge in [-0.05, 0) is 25.5 Å². The smallest absolute Gasteiger partial charge is 0.337 e. The molecule has 20 heavy (non-hydrogen) atoms. The van der Waals surface area contributed by atoms with Crippen LogP contribution in [0.5, 0.6) is 0 Å². The number of sulfonamides is 1. The Morgan fingerprint density at radius 2 is 1.95 bits per heavy atom. The number of nitrogens with one attached hydrogen (secondary N) is 1. The minimum Gasteiger partial charge on any atom is -0.478 e. The Hall–Kier alpha value is -0.820. The number of halogens is 2. The van der Waals surface area contributed by atoms with E-state index in [2.05, 4.69) is 4.72 Å². The molecule has 2 N–H and O–H groups in total. The van der Waals surface area contributed by atoms with Gasteiger partial charge in [-0.15, -0.1) is 0 Å². The van der Waals surface area contributed by atoms with Crippen molar-refractivity contribution in [2.75, 3.05) is 0 Å². The van der Waals surface area contributed by atoms with Crippen molar-refractivity contribution >= 4 is 39.2 Å². The van der Waals surface area contributed by atoms with Crippen LogP contribution < -0.4 is 4.72 Å². The maximum atomic E-state index is 12.2. The monoisotopic (exact) mass is 339 g/mol. The van der Waals surface area contributed by atoms with E-state index in [1.807, 2.05) is 6.92 Å². The lowest BCUT2D eigenvalue weighted by atomic mass is 10.2. The normalized spacial score (nSPS) is 13.2. The highest BCUT2D eigenvalue weighted by Gasteiger charge is 2.23. The number of benzene rings is 1. The third-order valence-electron chi connectivity index (χ3n) is 2.62. The van der Waals surface area contributed by atoms with Gasteiger partial charge in [-0.25, -0.2) is 17.9 Å². The van der Waals surface area contributed by atoms with Crippen LogP contribution in [0.3, 0.4) is 0 Å². The van der Waals surface area contributed by atoms with Crippen molar-refractivity contribution in [1.29, 1.82) is 0 Å². The number of hydrogen-bond donors (Lipinski definition) is 2. The lowest BCUT2D eigenvalue weighted by Crippen LogP contribution is -2.32. The Kier molecular flexibility index (Phi) is 5.82. The molecule has 0 aliphatic heterocycles. The van der Waals surface area contributed by atoms with Gasteiger partial charge >= 0.3 is 5.97 Å². The summed E-state index contributed by atoms with van der Waals surface area (Å²) in [7, 11) is -3.89. The summed E-state index contributed by atoms with van der Waals surface area (Å²) < 4.78 is 26.8. The van der Waals surface area contributed by atoms with Crippen molar-refractivity contribution in [3.05, 3.63) is 27.7 Å². The average molecular weight is 340 g/mol. The average Bonchev–Trinajstić information content (AvgIpc) is 2.27.